The second-order valence-corrected chi connectivity index (χ2v) is 10.3. The van der Waals surface area contributed by atoms with E-state index in [4.69, 9.17) is 14.7 Å². The fourth-order valence-corrected chi connectivity index (χ4v) is 5.46. The van der Waals surface area contributed by atoms with Crippen LogP contribution in [0.5, 0.6) is 5.75 Å². The van der Waals surface area contributed by atoms with Crippen LogP contribution in [0.2, 0.25) is 0 Å². The molecule has 0 radical (unpaired) electrons. The van der Waals surface area contributed by atoms with Crippen molar-refractivity contribution in [3.63, 3.8) is 0 Å². The number of benzene rings is 2. The fraction of sp³-hybridized carbons (Fsp3) is 0.400. The van der Waals surface area contributed by atoms with Crippen molar-refractivity contribution in [1.29, 1.82) is 5.26 Å². The summed E-state index contributed by atoms with van der Waals surface area (Å²) in [6.07, 6.45) is 2.70. The van der Waals surface area contributed by atoms with E-state index in [1.54, 1.807) is 43.3 Å². The molecule has 186 valence electrons. The van der Waals surface area contributed by atoms with E-state index in [9.17, 15) is 18.0 Å². The van der Waals surface area contributed by atoms with E-state index in [1.165, 1.54) is 17.3 Å². The first-order valence-corrected chi connectivity index (χ1v) is 12.9. The first-order chi connectivity index (χ1) is 16.7. The van der Waals surface area contributed by atoms with Gasteiger partial charge in [-0.05, 0) is 68.7 Å². The van der Waals surface area contributed by atoms with Crippen molar-refractivity contribution in [2.24, 2.45) is 0 Å². The molecule has 10 heteroatoms. The van der Waals surface area contributed by atoms with Crippen molar-refractivity contribution < 1.29 is 27.5 Å². The van der Waals surface area contributed by atoms with Gasteiger partial charge in [0.05, 0.1) is 16.5 Å². The first kappa shape index (κ1) is 26.2. The number of esters is 1. The summed E-state index contributed by atoms with van der Waals surface area (Å²) in [5.74, 6) is -0.959. The van der Waals surface area contributed by atoms with Gasteiger partial charge in [-0.3, -0.25) is 4.79 Å². The number of sulfonamides is 1. The second-order valence-electron chi connectivity index (χ2n) is 8.35. The molecule has 2 aromatic carbocycles. The molecule has 0 aliphatic carbocycles. The van der Waals surface area contributed by atoms with Gasteiger partial charge in [-0.25, -0.2) is 13.2 Å². The minimum absolute atomic E-state index is 0.152. The highest BCUT2D eigenvalue weighted by molar-refractivity contribution is 7.89. The molecule has 0 saturated carbocycles. The number of carbonyl (C=O) groups is 2. The van der Waals surface area contributed by atoms with Crippen LogP contribution in [-0.4, -0.2) is 50.4 Å². The quantitative estimate of drug-likeness (QED) is 0.552. The molecule has 0 aromatic heterocycles. The third-order valence-electron chi connectivity index (χ3n) is 5.63. The number of anilines is 1. The van der Waals surface area contributed by atoms with E-state index < -0.39 is 34.6 Å². The molecule has 1 aliphatic heterocycles. The van der Waals surface area contributed by atoms with E-state index >= 15 is 0 Å². The number of ether oxygens (including phenoxy) is 2. The highest BCUT2D eigenvalue weighted by Crippen LogP contribution is 2.26. The van der Waals surface area contributed by atoms with Crippen LogP contribution in [0, 0.1) is 18.3 Å². The van der Waals surface area contributed by atoms with Crippen LogP contribution in [0.4, 0.5) is 5.69 Å². The highest BCUT2D eigenvalue weighted by Gasteiger charge is 2.27. The molecule has 1 atom stereocenters. The molecule has 1 amide bonds. The number of amides is 1. The Bertz CT molecular complexity index is 1200. The SMILES string of the molecule is Cc1ccc(NC(=O)COC(=O)C(C)Oc2ccc(C#N)cc2)cc1S(=O)(=O)N1CCCCCC1. The Balaban J connectivity index is 1.57. The zero-order chi connectivity index (χ0) is 25.4. The number of nitriles is 1. The number of rotatable bonds is 8. The monoisotopic (exact) mass is 499 g/mol. The van der Waals surface area contributed by atoms with Gasteiger partial charge in [0.1, 0.15) is 5.75 Å². The molecular formula is C25H29N3O6S. The predicted octanol–water partition coefficient (Wildman–Crippen LogP) is 3.38. The summed E-state index contributed by atoms with van der Waals surface area (Å²) in [7, 11) is -3.68. The van der Waals surface area contributed by atoms with E-state index in [-0.39, 0.29) is 4.90 Å². The molecule has 1 saturated heterocycles. The van der Waals surface area contributed by atoms with Crippen molar-refractivity contribution >= 4 is 27.6 Å². The van der Waals surface area contributed by atoms with Crippen molar-refractivity contribution in [2.45, 2.75) is 50.5 Å². The van der Waals surface area contributed by atoms with Gasteiger partial charge in [0, 0.05) is 18.8 Å². The van der Waals surface area contributed by atoms with Crippen LogP contribution in [0.25, 0.3) is 0 Å². The number of carbonyl (C=O) groups excluding carboxylic acids is 2. The summed E-state index contributed by atoms with van der Waals surface area (Å²) >= 11 is 0. The second kappa shape index (κ2) is 11.8. The first-order valence-electron chi connectivity index (χ1n) is 11.4. The van der Waals surface area contributed by atoms with Crippen LogP contribution in [0.1, 0.15) is 43.7 Å². The Labute approximate surface area is 205 Å². The average Bonchev–Trinajstić information content (AvgIpc) is 3.14. The Morgan fingerprint density at radius 1 is 1.09 bits per heavy atom. The number of hydrogen-bond donors (Lipinski definition) is 1. The smallest absolute Gasteiger partial charge is 0.347 e. The van der Waals surface area contributed by atoms with Crippen LogP contribution >= 0.6 is 0 Å². The minimum atomic E-state index is -3.68. The molecule has 2 aromatic rings. The van der Waals surface area contributed by atoms with Crippen molar-refractivity contribution in [3.05, 3.63) is 53.6 Å². The summed E-state index contributed by atoms with van der Waals surface area (Å²) in [5, 5.41) is 11.4. The molecular weight excluding hydrogens is 470 g/mol. The van der Waals surface area contributed by atoms with Gasteiger partial charge >= 0.3 is 5.97 Å². The summed E-state index contributed by atoms with van der Waals surface area (Å²) in [5.41, 5.74) is 1.35. The largest absolute Gasteiger partial charge is 0.479 e. The fourth-order valence-electron chi connectivity index (χ4n) is 3.69. The summed E-state index contributed by atoms with van der Waals surface area (Å²) < 4.78 is 38.4. The van der Waals surface area contributed by atoms with Gasteiger partial charge in [-0.2, -0.15) is 9.57 Å². The lowest BCUT2D eigenvalue weighted by molar-refractivity contribution is -0.153. The number of aryl methyl sites for hydroxylation is 1. The third kappa shape index (κ3) is 7.04. The molecule has 35 heavy (non-hydrogen) atoms. The van der Waals surface area contributed by atoms with Crippen LogP contribution < -0.4 is 10.1 Å². The van der Waals surface area contributed by atoms with E-state index in [1.807, 2.05) is 6.07 Å². The maximum atomic E-state index is 13.2. The Hall–Kier alpha value is -3.42. The molecule has 0 spiro atoms. The molecule has 9 nitrogen and oxygen atoms in total. The molecule has 0 bridgehead atoms. The number of hydrogen-bond acceptors (Lipinski definition) is 7. The molecule has 1 unspecified atom stereocenters. The number of nitrogens with one attached hydrogen (secondary N) is 1. The lowest BCUT2D eigenvalue weighted by atomic mass is 10.2. The van der Waals surface area contributed by atoms with Crippen molar-refractivity contribution in [2.75, 3.05) is 25.0 Å². The van der Waals surface area contributed by atoms with Crippen LogP contribution in [0.15, 0.2) is 47.4 Å². The summed E-state index contributed by atoms with van der Waals surface area (Å²) in [6.45, 7) is 3.61. The maximum Gasteiger partial charge on any atom is 0.347 e. The average molecular weight is 500 g/mol. The lowest BCUT2D eigenvalue weighted by Gasteiger charge is -2.21. The van der Waals surface area contributed by atoms with Gasteiger partial charge in [-0.1, -0.05) is 18.9 Å². The standard InChI is InChI=1S/C25H29N3O6S/c1-18-7-10-21(15-23(18)35(31,32)28-13-5-3-4-6-14-28)27-24(29)17-33-25(30)19(2)34-22-11-8-20(16-26)9-12-22/h7-12,15,19H,3-6,13-14,17H2,1-2H3,(H,27,29). The van der Waals surface area contributed by atoms with Crippen molar-refractivity contribution in [3.8, 4) is 11.8 Å². The van der Waals surface area contributed by atoms with E-state index in [0.29, 0.717) is 35.7 Å². The lowest BCUT2D eigenvalue weighted by Crippen LogP contribution is -2.32. The topological polar surface area (TPSA) is 126 Å². The minimum Gasteiger partial charge on any atom is -0.479 e. The molecule has 3 rings (SSSR count). The zero-order valence-corrected chi connectivity index (χ0v) is 20.6. The van der Waals surface area contributed by atoms with Gasteiger partial charge in [0.2, 0.25) is 10.0 Å². The predicted molar refractivity (Wildman–Crippen MR) is 129 cm³/mol. The molecule has 1 heterocycles. The zero-order valence-electron chi connectivity index (χ0n) is 19.8. The summed E-state index contributed by atoms with van der Waals surface area (Å²) in [4.78, 5) is 24.7. The van der Waals surface area contributed by atoms with Crippen molar-refractivity contribution in [1.82, 2.24) is 4.31 Å². The van der Waals surface area contributed by atoms with Gasteiger partial charge in [-0.15, -0.1) is 0 Å². The highest BCUT2D eigenvalue weighted by atomic mass is 32.2. The Morgan fingerprint density at radius 2 is 1.74 bits per heavy atom. The third-order valence-corrected chi connectivity index (χ3v) is 7.67. The Morgan fingerprint density at radius 3 is 2.37 bits per heavy atom. The normalized spacial score (nSPS) is 15.3. The van der Waals surface area contributed by atoms with Crippen LogP contribution in [0.3, 0.4) is 0 Å². The van der Waals surface area contributed by atoms with Gasteiger partial charge in [0.15, 0.2) is 12.7 Å². The molecule has 1 aliphatic rings. The van der Waals surface area contributed by atoms with Gasteiger partial charge in [0.25, 0.3) is 5.91 Å². The Kier molecular flexibility index (Phi) is 8.84. The molecule has 1 fully saturated rings. The van der Waals surface area contributed by atoms with E-state index in [0.717, 1.165) is 25.7 Å². The van der Waals surface area contributed by atoms with Gasteiger partial charge < -0.3 is 14.8 Å². The number of nitrogens with zero attached hydrogens (tertiary/aromatic N) is 2. The molecule has 1 N–H and O–H groups in total. The summed E-state index contributed by atoms with van der Waals surface area (Å²) in [6, 6.07) is 12.9. The van der Waals surface area contributed by atoms with Crippen LogP contribution in [-0.2, 0) is 24.3 Å². The maximum absolute atomic E-state index is 13.2. The van der Waals surface area contributed by atoms with E-state index in [2.05, 4.69) is 5.32 Å².